The Hall–Kier alpha value is -1.42. The number of rotatable bonds is 4. The molecule has 0 atom stereocenters. The predicted octanol–water partition coefficient (Wildman–Crippen LogP) is 4.75. The number of nitrogens with one attached hydrogen (secondary N) is 2. The van der Waals surface area contributed by atoms with E-state index in [9.17, 15) is 4.79 Å². The Bertz CT molecular complexity index is 467. The summed E-state index contributed by atoms with van der Waals surface area (Å²) in [6.07, 6.45) is -0.477. The normalized spacial score (nSPS) is 11.3. The lowest BCUT2D eigenvalue weighted by molar-refractivity contribution is 0.0636. The molecule has 1 aromatic carbocycles. The van der Waals surface area contributed by atoms with Gasteiger partial charge in [0.2, 0.25) is 0 Å². The lowest BCUT2D eigenvalue weighted by atomic mass is 10.2. The molecule has 0 bridgehead atoms. The molecule has 112 valence electrons. The van der Waals surface area contributed by atoms with Crippen LogP contribution in [0.1, 0.15) is 34.6 Å². The Balaban J connectivity index is 2.72. The van der Waals surface area contributed by atoms with Crippen LogP contribution >= 0.6 is 11.6 Å². The van der Waals surface area contributed by atoms with Gasteiger partial charge in [-0.3, -0.25) is 5.32 Å². The Kier molecular flexibility index (Phi) is 5.69. The number of hydrogen-bond acceptors (Lipinski definition) is 3. The van der Waals surface area contributed by atoms with E-state index in [-0.39, 0.29) is 0 Å². The Morgan fingerprint density at radius 1 is 1.35 bits per heavy atom. The molecule has 0 unspecified atom stereocenters. The molecular formula is C15H23ClN2O2. The van der Waals surface area contributed by atoms with Crippen molar-refractivity contribution in [2.75, 3.05) is 17.2 Å². The van der Waals surface area contributed by atoms with Crippen LogP contribution in [-0.2, 0) is 4.74 Å². The molecule has 0 aliphatic rings. The van der Waals surface area contributed by atoms with Gasteiger partial charge in [-0.2, -0.15) is 0 Å². The summed E-state index contributed by atoms with van der Waals surface area (Å²) in [7, 11) is 0. The van der Waals surface area contributed by atoms with Gasteiger partial charge in [0.25, 0.3) is 0 Å². The summed E-state index contributed by atoms with van der Waals surface area (Å²) in [5.74, 6) is 0.508. The Labute approximate surface area is 125 Å². The van der Waals surface area contributed by atoms with E-state index in [4.69, 9.17) is 16.3 Å². The number of carbonyl (C=O) groups is 1. The Morgan fingerprint density at radius 2 is 2.00 bits per heavy atom. The van der Waals surface area contributed by atoms with Gasteiger partial charge in [0, 0.05) is 12.2 Å². The molecule has 0 aliphatic heterocycles. The van der Waals surface area contributed by atoms with Crippen LogP contribution < -0.4 is 10.6 Å². The van der Waals surface area contributed by atoms with Gasteiger partial charge >= 0.3 is 6.09 Å². The number of anilines is 2. The van der Waals surface area contributed by atoms with Crippen molar-refractivity contribution in [1.29, 1.82) is 0 Å². The van der Waals surface area contributed by atoms with Crippen molar-refractivity contribution in [3.05, 3.63) is 23.2 Å². The smallest absolute Gasteiger partial charge is 0.412 e. The minimum absolute atomic E-state index is 0.477. The third-order valence-electron chi connectivity index (χ3n) is 2.31. The van der Waals surface area contributed by atoms with Gasteiger partial charge in [-0.05, 0) is 44.9 Å². The summed E-state index contributed by atoms with van der Waals surface area (Å²) in [5.41, 5.74) is 0.929. The van der Waals surface area contributed by atoms with Crippen molar-refractivity contribution >= 4 is 29.1 Å². The number of amides is 1. The van der Waals surface area contributed by atoms with Crippen molar-refractivity contribution < 1.29 is 9.53 Å². The maximum Gasteiger partial charge on any atom is 0.412 e. The van der Waals surface area contributed by atoms with Gasteiger partial charge in [0.1, 0.15) is 5.60 Å². The third kappa shape index (κ3) is 6.15. The molecule has 5 heteroatoms. The second-order valence-electron chi connectivity index (χ2n) is 6.10. The SMILES string of the molecule is CC(C)CNc1cc(NC(=O)OC(C)(C)C)ccc1Cl. The van der Waals surface area contributed by atoms with Gasteiger partial charge in [-0.25, -0.2) is 4.79 Å². The first kappa shape index (κ1) is 16.6. The molecular weight excluding hydrogens is 276 g/mol. The molecule has 1 rings (SSSR count). The standard InChI is InChI=1S/C15H23ClN2O2/c1-10(2)9-17-13-8-11(6-7-12(13)16)18-14(19)20-15(3,4)5/h6-8,10,17H,9H2,1-5H3,(H,18,19). The van der Waals surface area contributed by atoms with Crippen LogP contribution in [0.2, 0.25) is 5.02 Å². The predicted molar refractivity (Wildman–Crippen MR) is 84.6 cm³/mol. The zero-order valence-corrected chi connectivity index (χ0v) is 13.5. The van der Waals surface area contributed by atoms with E-state index in [0.717, 1.165) is 12.2 Å². The Morgan fingerprint density at radius 3 is 2.55 bits per heavy atom. The first-order valence-electron chi connectivity index (χ1n) is 6.71. The van der Waals surface area contributed by atoms with Crippen molar-refractivity contribution in [1.82, 2.24) is 0 Å². The summed E-state index contributed by atoms with van der Waals surface area (Å²) in [5, 5.41) is 6.57. The second kappa shape index (κ2) is 6.84. The van der Waals surface area contributed by atoms with Crippen LogP contribution in [-0.4, -0.2) is 18.2 Å². The van der Waals surface area contributed by atoms with E-state index in [2.05, 4.69) is 24.5 Å². The monoisotopic (exact) mass is 298 g/mol. The topological polar surface area (TPSA) is 50.4 Å². The summed E-state index contributed by atoms with van der Waals surface area (Å²) in [4.78, 5) is 11.7. The van der Waals surface area contributed by atoms with Crippen LogP contribution in [0, 0.1) is 5.92 Å². The molecule has 0 aromatic heterocycles. The van der Waals surface area contributed by atoms with E-state index in [0.29, 0.717) is 16.6 Å². The summed E-state index contributed by atoms with van der Waals surface area (Å²) >= 11 is 6.12. The quantitative estimate of drug-likeness (QED) is 0.843. The third-order valence-corrected chi connectivity index (χ3v) is 2.64. The highest BCUT2D eigenvalue weighted by atomic mass is 35.5. The molecule has 0 fully saturated rings. The van der Waals surface area contributed by atoms with Gasteiger partial charge in [-0.1, -0.05) is 25.4 Å². The molecule has 0 saturated heterocycles. The van der Waals surface area contributed by atoms with Crippen molar-refractivity contribution in [3.8, 4) is 0 Å². The average molecular weight is 299 g/mol. The highest BCUT2D eigenvalue weighted by Crippen LogP contribution is 2.26. The van der Waals surface area contributed by atoms with Crippen LogP contribution in [0.4, 0.5) is 16.2 Å². The minimum atomic E-state index is -0.519. The lowest BCUT2D eigenvalue weighted by Crippen LogP contribution is -2.27. The summed E-state index contributed by atoms with van der Waals surface area (Å²) in [6.45, 7) is 10.5. The lowest BCUT2D eigenvalue weighted by Gasteiger charge is -2.20. The number of benzene rings is 1. The van der Waals surface area contributed by atoms with Crippen LogP contribution in [0.25, 0.3) is 0 Å². The molecule has 1 aromatic rings. The van der Waals surface area contributed by atoms with E-state index in [1.54, 1.807) is 18.2 Å². The number of ether oxygens (including phenoxy) is 1. The average Bonchev–Trinajstić information content (AvgIpc) is 2.27. The van der Waals surface area contributed by atoms with Gasteiger partial charge in [-0.15, -0.1) is 0 Å². The first-order valence-corrected chi connectivity index (χ1v) is 7.08. The zero-order valence-electron chi connectivity index (χ0n) is 12.7. The second-order valence-corrected chi connectivity index (χ2v) is 6.50. The van der Waals surface area contributed by atoms with Crippen molar-refractivity contribution in [2.45, 2.75) is 40.2 Å². The summed E-state index contributed by atoms with van der Waals surface area (Å²) in [6, 6.07) is 5.29. The molecule has 0 heterocycles. The highest BCUT2D eigenvalue weighted by Gasteiger charge is 2.16. The molecule has 0 saturated carbocycles. The molecule has 0 radical (unpaired) electrons. The van der Waals surface area contributed by atoms with Crippen molar-refractivity contribution in [2.24, 2.45) is 5.92 Å². The zero-order chi connectivity index (χ0) is 15.3. The van der Waals surface area contributed by atoms with Gasteiger partial charge < -0.3 is 10.1 Å². The van der Waals surface area contributed by atoms with E-state index >= 15 is 0 Å². The maximum atomic E-state index is 11.7. The minimum Gasteiger partial charge on any atom is -0.444 e. The molecule has 20 heavy (non-hydrogen) atoms. The molecule has 0 aliphatic carbocycles. The van der Waals surface area contributed by atoms with E-state index in [1.165, 1.54) is 0 Å². The van der Waals surface area contributed by atoms with Crippen LogP contribution in [0.3, 0.4) is 0 Å². The molecule has 2 N–H and O–H groups in total. The highest BCUT2D eigenvalue weighted by molar-refractivity contribution is 6.33. The largest absolute Gasteiger partial charge is 0.444 e. The molecule has 0 spiro atoms. The van der Waals surface area contributed by atoms with Crippen LogP contribution in [0.15, 0.2) is 18.2 Å². The number of carbonyl (C=O) groups excluding carboxylic acids is 1. The maximum absolute atomic E-state index is 11.7. The molecule has 4 nitrogen and oxygen atoms in total. The van der Waals surface area contributed by atoms with E-state index < -0.39 is 11.7 Å². The fraction of sp³-hybridized carbons (Fsp3) is 0.533. The van der Waals surface area contributed by atoms with Gasteiger partial charge in [0.15, 0.2) is 0 Å². The summed E-state index contributed by atoms with van der Waals surface area (Å²) < 4.78 is 5.21. The fourth-order valence-corrected chi connectivity index (χ4v) is 1.66. The fourth-order valence-electron chi connectivity index (χ4n) is 1.47. The number of hydrogen-bond donors (Lipinski definition) is 2. The van der Waals surface area contributed by atoms with E-state index in [1.807, 2.05) is 20.8 Å². The molecule has 1 amide bonds. The van der Waals surface area contributed by atoms with Crippen LogP contribution in [0.5, 0.6) is 0 Å². The van der Waals surface area contributed by atoms with Gasteiger partial charge in [0.05, 0.1) is 10.7 Å². The van der Waals surface area contributed by atoms with Crippen molar-refractivity contribution in [3.63, 3.8) is 0 Å². The first-order chi connectivity index (χ1) is 9.17. The number of halogens is 1.